The Morgan fingerprint density at radius 2 is 2.00 bits per heavy atom. The highest BCUT2D eigenvalue weighted by atomic mass is 32.2. The molecule has 2 heterocycles. The number of nitrogens with one attached hydrogen (secondary N) is 1. The van der Waals surface area contributed by atoms with Gasteiger partial charge in [-0.3, -0.25) is 9.69 Å². The Morgan fingerprint density at radius 1 is 1.24 bits per heavy atom. The second kappa shape index (κ2) is 10.2. The van der Waals surface area contributed by atoms with Crippen molar-refractivity contribution in [3.05, 3.63) is 71.3 Å². The van der Waals surface area contributed by atoms with Crippen LogP contribution in [0.15, 0.2) is 49.1 Å². The van der Waals surface area contributed by atoms with Crippen LogP contribution in [0.1, 0.15) is 62.3 Å². The summed E-state index contributed by atoms with van der Waals surface area (Å²) in [5, 5.41) is 12.6. The summed E-state index contributed by atoms with van der Waals surface area (Å²) < 4.78 is 42.6. The molecule has 2 aromatic carbocycles. The van der Waals surface area contributed by atoms with Crippen LogP contribution >= 0.6 is 0 Å². The molecular formula is C32H40N2O6S. The Kier molecular flexibility index (Phi) is 7.08. The van der Waals surface area contributed by atoms with Gasteiger partial charge in [0.05, 0.1) is 22.8 Å². The molecule has 1 spiro atoms. The van der Waals surface area contributed by atoms with Gasteiger partial charge in [0, 0.05) is 25.1 Å². The zero-order chi connectivity index (χ0) is 29.2. The van der Waals surface area contributed by atoms with Gasteiger partial charge in [0.2, 0.25) is 10.0 Å². The van der Waals surface area contributed by atoms with E-state index in [0.717, 1.165) is 35.2 Å². The largest absolute Gasteiger partial charge is 0.483 e. The minimum absolute atomic E-state index is 0.122. The average Bonchev–Trinajstić information content (AvgIpc) is 3.25. The van der Waals surface area contributed by atoms with Crippen molar-refractivity contribution in [3.8, 4) is 11.5 Å². The molecule has 41 heavy (non-hydrogen) atoms. The quantitative estimate of drug-likeness (QED) is 0.265. The predicted molar refractivity (Wildman–Crippen MR) is 156 cm³/mol. The molecule has 0 amide bonds. The van der Waals surface area contributed by atoms with Crippen LogP contribution < -0.4 is 14.2 Å². The minimum Gasteiger partial charge on any atom is -0.483 e. The highest BCUT2D eigenvalue weighted by molar-refractivity contribution is 7.88. The molecule has 2 bridgehead atoms. The minimum atomic E-state index is -3.75. The molecule has 1 saturated carbocycles. The van der Waals surface area contributed by atoms with Gasteiger partial charge in [0.25, 0.3) is 0 Å². The first-order valence-electron chi connectivity index (χ1n) is 14.6. The molecule has 2 aromatic rings. The molecule has 4 aliphatic rings. The molecule has 2 aliphatic heterocycles. The van der Waals surface area contributed by atoms with E-state index in [1.165, 1.54) is 6.92 Å². The lowest BCUT2D eigenvalue weighted by Gasteiger charge is -2.64. The number of esters is 1. The number of hydrogen-bond acceptors (Lipinski definition) is 7. The Morgan fingerprint density at radius 3 is 2.71 bits per heavy atom. The first-order valence-corrected chi connectivity index (χ1v) is 16.3. The molecule has 220 valence electrons. The van der Waals surface area contributed by atoms with E-state index in [4.69, 9.17) is 9.47 Å². The van der Waals surface area contributed by atoms with E-state index in [-0.39, 0.29) is 11.8 Å². The molecule has 5 atom stereocenters. The van der Waals surface area contributed by atoms with Gasteiger partial charge in [0.15, 0.2) is 11.5 Å². The highest BCUT2D eigenvalue weighted by Gasteiger charge is 2.73. The molecule has 8 nitrogen and oxygen atoms in total. The van der Waals surface area contributed by atoms with Crippen LogP contribution in [-0.4, -0.2) is 61.3 Å². The van der Waals surface area contributed by atoms with Crippen molar-refractivity contribution in [2.24, 2.45) is 5.92 Å². The van der Waals surface area contributed by atoms with Gasteiger partial charge >= 0.3 is 5.97 Å². The number of rotatable bonds is 9. The van der Waals surface area contributed by atoms with Gasteiger partial charge in [-0.15, -0.1) is 6.58 Å². The number of benzene rings is 2. The van der Waals surface area contributed by atoms with Gasteiger partial charge in [-0.25, -0.2) is 13.1 Å². The maximum Gasteiger partial charge on any atom is 0.308 e. The van der Waals surface area contributed by atoms with Gasteiger partial charge in [-0.1, -0.05) is 50.3 Å². The lowest BCUT2D eigenvalue weighted by Crippen LogP contribution is -2.78. The standard InChI is InChI=1S/C32H40N2O6S/c1-5-15-34-16-14-31-28-23-10-11-26(39-21(4)35)29(28)40-30(31)25(12-13-32(31,36)27(34)18-23)33-41(37,38)19-24-9-7-6-8-22(24)17-20(2)3/h5-11,20,25,27,30,33,36H,1,12-19H2,2-4H3/t25-,27+,30-,31-,32+/m0/s1. The van der Waals surface area contributed by atoms with Gasteiger partial charge in [-0.05, 0) is 67.3 Å². The van der Waals surface area contributed by atoms with Crippen molar-refractivity contribution in [3.63, 3.8) is 0 Å². The third kappa shape index (κ3) is 4.52. The smallest absolute Gasteiger partial charge is 0.308 e. The molecule has 2 N–H and O–H groups in total. The van der Waals surface area contributed by atoms with Crippen LogP contribution in [0.25, 0.3) is 0 Å². The topological polar surface area (TPSA) is 105 Å². The Hall–Kier alpha value is -2.72. The van der Waals surface area contributed by atoms with Gasteiger partial charge in [-0.2, -0.15) is 0 Å². The summed E-state index contributed by atoms with van der Waals surface area (Å²) in [4.78, 5) is 14.3. The molecule has 2 fully saturated rings. The number of ether oxygens (including phenoxy) is 2. The number of hydrogen-bond donors (Lipinski definition) is 2. The monoisotopic (exact) mass is 580 g/mol. The predicted octanol–water partition coefficient (Wildman–Crippen LogP) is 3.64. The highest BCUT2D eigenvalue weighted by Crippen LogP contribution is 2.65. The molecule has 2 aliphatic carbocycles. The van der Waals surface area contributed by atoms with Crippen molar-refractivity contribution < 1.29 is 27.8 Å². The summed E-state index contributed by atoms with van der Waals surface area (Å²) in [7, 11) is -3.75. The first-order chi connectivity index (χ1) is 19.5. The molecular weight excluding hydrogens is 540 g/mol. The van der Waals surface area contributed by atoms with Gasteiger partial charge < -0.3 is 14.6 Å². The van der Waals surface area contributed by atoms with Crippen LogP contribution in [0.4, 0.5) is 0 Å². The molecule has 1 saturated heterocycles. The molecule has 9 heteroatoms. The number of carbonyl (C=O) groups is 1. The van der Waals surface area contributed by atoms with E-state index >= 15 is 0 Å². The lowest BCUT2D eigenvalue weighted by atomic mass is 9.48. The van der Waals surface area contributed by atoms with Crippen LogP contribution in [-0.2, 0) is 38.8 Å². The number of piperidine rings is 1. The van der Waals surface area contributed by atoms with E-state index in [0.29, 0.717) is 49.6 Å². The third-order valence-electron chi connectivity index (χ3n) is 9.60. The maximum atomic E-state index is 13.7. The number of aliphatic hydroxyl groups is 1. The van der Waals surface area contributed by atoms with Crippen molar-refractivity contribution >= 4 is 16.0 Å². The maximum absolute atomic E-state index is 13.7. The van der Waals surface area contributed by atoms with Crippen molar-refractivity contribution in [1.82, 2.24) is 9.62 Å². The van der Waals surface area contributed by atoms with E-state index < -0.39 is 39.2 Å². The fraction of sp³-hybridized carbons (Fsp3) is 0.531. The summed E-state index contributed by atoms with van der Waals surface area (Å²) in [5.41, 5.74) is 1.81. The molecule has 0 radical (unpaired) electrons. The van der Waals surface area contributed by atoms with Crippen molar-refractivity contribution in [2.45, 2.75) is 87.8 Å². The van der Waals surface area contributed by atoms with Crippen LogP contribution in [0.5, 0.6) is 11.5 Å². The Balaban J connectivity index is 1.38. The van der Waals surface area contributed by atoms with Crippen LogP contribution in [0.2, 0.25) is 0 Å². The molecule has 0 unspecified atom stereocenters. The number of nitrogens with zero attached hydrogens (tertiary/aromatic N) is 1. The second-order valence-electron chi connectivity index (χ2n) is 12.6. The normalized spacial score (nSPS) is 30.0. The Labute approximate surface area is 242 Å². The fourth-order valence-electron chi connectivity index (χ4n) is 8.18. The van der Waals surface area contributed by atoms with Crippen molar-refractivity contribution in [2.75, 3.05) is 13.1 Å². The number of carbonyl (C=O) groups excluding carboxylic acids is 1. The zero-order valence-corrected chi connectivity index (χ0v) is 24.9. The van der Waals surface area contributed by atoms with Crippen LogP contribution in [0.3, 0.4) is 0 Å². The summed E-state index contributed by atoms with van der Waals surface area (Å²) in [5.74, 6) is 0.602. The zero-order valence-electron chi connectivity index (χ0n) is 24.1. The SMILES string of the molecule is C=CCN1CC[C@]23c4c5ccc(OC(C)=O)c4O[C@H]2[C@@H](NS(=O)(=O)Cc2ccccc2CC(C)C)CC[C@@]3(O)[C@H]1C5. The fourth-order valence-corrected chi connectivity index (χ4v) is 9.65. The second-order valence-corrected chi connectivity index (χ2v) is 14.4. The van der Waals surface area contributed by atoms with Gasteiger partial charge in [0.1, 0.15) is 6.10 Å². The Bertz CT molecular complexity index is 1490. The van der Waals surface area contributed by atoms with E-state index in [1.54, 1.807) is 6.07 Å². The average molecular weight is 581 g/mol. The third-order valence-corrected chi connectivity index (χ3v) is 11.0. The number of sulfonamides is 1. The summed E-state index contributed by atoms with van der Waals surface area (Å²) in [6, 6.07) is 10.7. The lowest BCUT2D eigenvalue weighted by molar-refractivity contribution is -0.188. The summed E-state index contributed by atoms with van der Waals surface area (Å²) in [6.07, 6.45) is 4.12. The first kappa shape index (κ1) is 28.4. The van der Waals surface area contributed by atoms with Crippen molar-refractivity contribution in [1.29, 1.82) is 0 Å². The summed E-state index contributed by atoms with van der Waals surface area (Å²) in [6.45, 7) is 10.9. The van der Waals surface area contributed by atoms with E-state index in [2.05, 4.69) is 30.0 Å². The molecule has 6 rings (SSSR count). The van der Waals surface area contributed by atoms with Crippen LogP contribution in [0, 0.1) is 5.92 Å². The summed E-state index contributed by atoms with van der Waals surface area (Å²) >= 11 is 0. The van der Waals surface area contributed by atoms with E-state index in [1.807, 2.05) is 36.4 Å². The van der Waals surface area contributed by atoms with E-state index in [9.17, 15) is 18.3 Å². The molecule has 0 aromatic heterocycles. The number of likely N-dealkylation sites (tertiary alicyclic amines) is 1.